The number of benzene rings is 1. The van der Waals surface area contributed by atoms with E-state index < -0.39 is 5.60 Å². The van der Waals surface area contributed by atoms with Gasteiger partial charge >= 0.3 is 0 Å². The second kappa shape index (κ2) is 8.73. The van der Waals surface area contributed by atoms with Crippen LogP contribution in [0, 0.1) is 6.92 Å². The average Bonchev–Trinajstić information content (AvgIpc) is 2.42. The van der Waals surface area contributed by atoms with Crippen LogP contribution in [0.15, 0.2) is 16.6 Å². The zero-order valence-corrected chi connectivity index (χ0v) is 14.9. The standard InChI is InChI=1S/C16H26BrNO3/c1-5-16(3,19)11-21-15-12(2)8-14(17)9-13(15)10-18-6-7-20-4/h8-9,18-19H,5-7,10-11H2,1-4H3. The van der Waals surface area contributed by atoms with Gasteiger partial charge in [-0.3, -0.25) is 0 Å². The molecule has 0 fully saturated rings. The predicted octanol–water partition coefficient (Wildman–Crippen LogP) is 3.03. The Labute approximate surface area is 136 Å². The summed E-state index contributed by atoms with van der Waals surface area (Å²) in [6, 6.07) is 4.07. The molecule has 1 aromatic rings. The Morgan fingerprint density at radius 1 is 1.38 bits per heavy atom. The molecule has 0 aromatic heterocycles. The van der Waals surface area contributed by atoms with E-state index >= 15 is 0 Å². The second-order valence-electron chi connectivity index (χ2n) is 5.52. The van der Waals surface area contributed by atoms with Crippen molar-refractivity contribution in [3.8, 4) is 5.75 Å². The molecule has 0 saturated heterocycles. The lowest BCUT2D eigenvalue weighted by atomic mass is 10.1. The molecule has 0 saturated carbocycles. The van der Waals surface area contributed by atoms with Crippen molar-refractivity contribution >= 4 is 15.9 Å². The van der Waals surface area contributed by atoms with Crippen molar-refractivity contribution < 1.29 is 14.6 Å². The molecule has 0 aliphatic heterocycles. The van der Waals surface area contributed by atoms with E-state index in [4.69, 9.17) is 9.47 Å². The summed E-state index contributed by atoms with van der Waals surface area (Å²) >= 11 is 3.52. The fraction of sp³-hybridized carbons (Fsp3) is 0.625. The van der Waals surface area contributed by atoms with Crippen LogP contribution in [0.5, 0.6) is 5.75 Å². The lowest BCUT2D eigenvalue weighted by molar-refractivity contribution is 0.00795. The van der Waals surface area contributed by atoms with Crippen molar-refractivity contribution in [2.45, 2.75) is 39.3 Å². The molecule has 1 rings (SSSR count). The number of halogens is 1. The molecular formula is C16H26BrNO3. The maximum atomic E-state index is 10.1. The molecule has 0 radical (unpaired) electrons. The van der Waals surface area contributed by atoms with Crippen molar-refractivity contribution in [3.05, 3.63) is 27.7 Å². The van der Waals surface area contributed by atoms with E-state index in [2.05, 4.69) is 21.2 Å². The maximum Gasteiger partial charge on any atom is 0.126 e. The van der Waals surface area contributed by atoms with Crippen molar-refractivity contribution in [1.29, 1.82) is 0 Å². The van der Waals surface area contributed by atoms with E-state index in [-0.39, 0.29) is 6.61 Å². The number of nitrogens with one attached hydrogen (secondary N) is 1. The number of rotatable bonds is 9. The van der Waals surface area contributed by atoms with Gasteiger partial charge in [0, 0.05) is 30.2 Å². The van der Waals surface area contributed by atoms with Crippen molar-refractivity contribution in [1.82, 2.24) is 5.32 Å². The molecule has 5 heteroatoms. The van der Waals surface area contributed by atoms with Crippen molar-refractivity contribution in [2.75, 3.05) is 26.9 Å². The van der Waals surface area contributed by atoms with Crippen LogP contribution in [0.1, 0.15) is 31.4 Å². The first-order chi connectivity index (χ1) is 9.89. The van der Waals surface area contributed by atoms with E-state index in [0.29, 0.717) is 19.6 Å². The van der Waals surface area contributed by atoms with Gasteiger partial charge < -0.3 is 19.9 Å². The van der Waals surface area contributed by atoms with Gasteiger partial charge in [0.1, 0.15) is 12.4 Å². The topological polar surface area (TPSA) is 50.7 Å². The molecule has 0 aliphatic rings. The molecule has 0 aliphatic carbocycles. The Hall–Kier alpha value is -0.620. The second-order valence-corrected chi connectivity index (χ2v) is 6.44. The number of hydrogen-bond acceptors (Lipinski definition) is 4. The minimum absolute atomic E-state index is 0.289. The third kappa shape index (κ3) is 6.34. The summed E-state index contributed by atoms with van der Waals surface area (Å²) in [7, 11) is 1.69. The molecule has 1 unspecified atom stereocenters. The van der Waals surface area contributed by atoms with E-state index in [1.54, 1.807) is 14.0 Å². The first kappa shape index (κ1) is 18.4. The molecule has 0 amide bonds. The van der Waals surface area contributed by atoms with Crippen LogP contribution >= 0.6 is 15.9 Å². The molecule has 0 heterocycles. The maximum absolute atomic E-state index is 10.1. The third-order valence-electron chi connectivity index (χ3n) is 3.40. The summed E-state index contributed by atoms with van der Waals surface area (Å²) in [6.45, 7) is 8.20. The predicted molar refractivity (Wildman–Crippen MR) is 88.9 cm³/mol. The Morgan fingerprint density at radius 2 is 2.10 bits per heavy atom. The molecule has 1 atom stereocenters. The van der Waals surface area contributed by atoms with Crippen molar-refractivity contribution in [2.24, 2.45) is 0 Å². The van der Waals surface area contributed by atoms with Gasteiger partial charge in [-0.2, -0.15) is 0 Å². The number of aryl methyl sites for hydroxylation is 1. The van der Waals surface area contributed by atoms with Crippen LogP contribution in [0.3, 0.4) is 0 Å². The number of hydrogen-bond donors (Lipinski definition) is 2. The van der Waals surface area contributed by atoms with Crippen LogP contribution in [0.25, 0.3) is 0 Å². The van der Waals surface area contributed by atoms with E-state index in [1.807, 2.05) is 26.0 Å². The van der Waals surface area contributed by atoms with E-state index in [1.165, 1.54) is 0 Å². The minimum Gasteiger partial charge on any atom is -0.490 e. The molecule has 21 heavy (non-hydrogen) atoms. The van der Waals surface area contributed by atoms with Gasteiger partial charge in [-0.1, -0.05) is 22.9 Å². The summed E-state index contributed by atoms with van der Waals surface area (Å²) in [4.78, 5) is 0. The molecule has 0 bridgehead atoms. The Bertz CT molecular complexity index is 449. The Balaban J connectivity index is 2.80. The Morgan fingerprint density at radius 3 is 2.71 bits per heavy atom. The lowest BCUT2D eigenvalue weighted by Crippen LogP contribution is -2.31. The van der Waals surface area contributed by atoms with Gasteiger partial charge in [-0.05, 0) is 38.0 Å². The highest BCUT2D eigenvalue weighted by molar-refractivity contribution is 9.10. The molecule has 4 nitrogen and oxygen atoms in total. The first-order valence-electron chi connectivity index (χ1n) is 7.23. The van der Waals surface area contributed by atoms with Gasteiger partial charge in [-0.25, -0.2) is 0 Å². The Kier molecular flexibility index (Phi) is 7.66. The highest BCUT2D eigenvalue weighted by atomic mass is 79.9. The van der Waals surface area contributed by atoms with Gasteiger partial charge in [0.2, 0.25) is 0 Å². The first-order valence-corrected chi connectivity index (χ1v) is 8.02. The number of methoxy groups -OCH3 is 1. The fourth-order valence-corrected chi connectivity index (χ4v) is 2.48. The van der Waals surface area contributed by atoms with Gasteiger partial charge in [0.05, 0.1) is 12.2 Å². The third-order valence-corrected chi connectivity index (χ3v) is 3.86. The van der Waals surface area contributed by atoms with E-state index in [0.717, 1.165) is 27.9 Å². The van der Waals surface area contributed by atoms with Crippen LogP contribution in [0.4, 0.5) is 0 Å². The van der Waals surface area contributed by atoms with Crippen molar-refractivity contribution in [3.63, 3.8) is 0 Å². The van der Waals surface area contributed by atoms with E-state index in [9.17, 15) is 5.11 Å². The highest BCUT2D eigenvalue weighted by Crippen LogP contribution is 2.29. The molecule has 2 N–H and O–H groups in total. The van der Waals surface area contributed by atoms with Gasteiger partial charge in [0.15, 0.2) is 0 Å². The smallest absolute Gasteiger partial charge is 0.126 e. The molecular weight excluding hydrogens is 334 g/mol. The molecule has 1 aromatic carbocycles. The summed E-state index contributed by atoms with van der Waals surface area (Å²) in [6.07, 6.45) is 0.657. The summed E-state index contributed by atoms with van der Waals surface area (Å²) < 4.78 is 11.9. The summed E-state index contributed by atoms with van der Waals surface area (Å²) in [5.74, 6) is 0.844. The summed E-state index contributed by atoms with van der Waals surface area (Å²) in [5.41, 5.74) is 1.32. The molecule has 0 spiro atoms. The van der Waals surface area contributed by atoms with Crippen LogP contribution in [-0.4, -0.2) is 37.6 Å². The minimum atomic E-state index is -0.805. The monoisotopic (exact) mass is 359 g/mol. The van der Waals surface area contributed by atoms with Crippen LogP contribution in [-0.2, 0) is 11.3 Å². The van der Waals surface area contributed by atoms with Crippen LogP contribution < -0.4 is 10.1 Å². The highest BCUT2D eigenvalue weighted by Gasteiger charge is 2.20. The number of aliphatic hydroxyl groups is 1. The average molecular weight is 360 g/mol. The quantitative estimate of drug-likeness (QED) is 0.665. The fourth-order valence-electron chi connectivity index (χ4n) is 1.86. The lowest BCUT2D eigenvalue weighted by Gasteiger charge is -2.23. The molecule has 120 valence electrons. The van der Waals surface area contributed by atoms with Gasteiger partial charge in [-0.15, -0.1) is 0 Å². The zero-order chi connectivity index (χ0) is 15.9. The van der Waals surface area contributed by atoms with Crippen LogP contribution in [0.2, 0.25) is 0 Å². The largest absolute Gasteiger partial charge is 0.490 e. The number of ether oxygens (including phenoxy) is 2. The van der Waals surface area contributed by atoms with Gasteiger partial charge in [0.25, 0.3) is 0 Å². The normalized spacial score (nSPS) is 14.0. The summed E-state index contributed by atoms with van der Waals surface area (Å²) in [5, 5.41) is 13.4. The SMILES string of the molecule is CCC(C)(O)COc1c(C)cc(Br)cc1CNCCOC. The zero-order valence-electron chi connectivity index (χ0n) is 13.3.